The van der Waals surface area contributed by atoms with Gasteiger partial charge in [0.15, 0.2) is 0 Å². The van der Waals surface area contributed by atoms with E-state index in [9.17, 15) is 0 Å². The Labute approximate surface area is 77.0 Å². The predicted molar refractivity (Wildman–Crippen MR) is 54.1 cm³/mol. The largest absolute Gasteiger partial charge is 0.385 e. The van der Waals surface area contributed by atoms with Crippen LogP contribution in [0.25, 0.3) is 6.08 Å². The van der Waals surface area contributed by atoms with Crippen LogP contribution in [0, 0.1) is 0 Å². The highest BCUT2D eigenvalue weighted by molar-refractivity contribution is 5.78. The second-order valence-electron chi connectivity index (χ2n) is 3.32. The van der Waals surface area contributed by atoms with E-state index in [1.54, 1.807) is 0 Å². The van der Waals surface area contributed by atoms with Gasteiger partial charge in [0, 0.05) is 18.4 Å². The Hall–Kier alpha value is -1.70. The van der Waals surface area contributed by atoms with Crippen molar-refractivity contribution in [2.75, 3.05) is 11.9 Å². The van der Waals surface area contributed by atoms with Crippen molar-refractivity contribution in [2.45, 2.75) is 0 Å². The van der Waals surface area contributed by atoms with Crippen molar-refractivity contribution >= 4 is 11.8 Å². The first kappa shape index (κ1) is 6.78. The van der Waals surface area contributed by atoms with Crippen molar-refractivity contribution in [3.63, 3.8) is 0 Å². The van der Waals surface area contributed by atoms with Gasteiger partial charge in [0.25, 0.3) is 0 Å². The Morgan fingerprint density at radius 1 is 1.15 bits per heavy atom. The van der Waals surface area contributed by atoms with Gasteiger partial charge in [0.05, 0.1) is 5.70 Å². The molecule has 2 heterocycles. The fourth-order valence-corrected chi connectivity index (χ4v) is 1.77. The number of para-hydroxylation sites is 1. The van der Waals surface area contributed by atoms with Gasteiger partial charge < -0.3 is 10.6 Å². The lowest BCUT2D eigenvalue weighted by Gasteiger charge is -2.17. The molecule has 2 N–H and O–H groups in total. The first-order chi connectivity index (χ1) is 6.43. The highest BCUT2D eigenvalue weighted by atomic mass is 15.0. The SMILES string of the molecule is C1=C2CNC=C2Nc2ccccc21. The second-order valence-corrected chi connectivity index (χ2v) is 3.32. The summed E-state index contributed by atoms with van der Waals surface area (Å²) in [5.41, 5.74) is 5.02. The van der Waals surface area contributed by atoms with Crippen LogP contribution in [0.3, 0.4) is 0 Å². The van der Waals surface area contributed by atoms with Crippen molar-refractivity contribution in [3.8, 4) is 0 Å². The van der Waals surface area contributed by atoms with E-state index >= 15 is 0 Å². The van der Waals surface area contributed by atoms with Gasteiger partial charge in [-0.1, -0.05) is 18.2 Å². The van der Waals surface area contributed by atoms with E-state index in [4.69, 9.17) is 0 Å². The lowest BCUT2D eigenvalue weighted by molar-refractivity contribution is 1.01. The van der Waals surface area contributed by atoms with Crippen molar-refractivity contribution in [1.29, 1.82) is 0 Å². The maximum atomic E-state index is 3.39. The molecule has 0 fully saturated rings. The Kier molecular flexibility index (Phi) is 1.25. The van der Waals surface area contributed by atoms with E-state index in [-0.39, 0.29) is 0 Å². The monoisotopic (exact) mass is 170 g/mol. The van der Waals surface area contributed by atoms with Crippen LogP contribution in [0.5, 0.6) is 0 Å². The van der Waals surface area contributed by atoms with E-state index in [0.717, 1.165) is 6.54 Å². The minimum absolute atomic E-state index is 0.941. The zero-order valence-electron chi connectivity index (χ0n) is 7.17. The number of rotatable bonds is 0. The maximum Gasteiger partial charge on any atom is 0.0594 e. The number of nitrogens with one attached hydrogen (secondary N) is 2. The van der Waals surface area contributed by atoms with E-state index in [2.05, 4.69) is 34.9 Å². The van der Waals surface area contributed by atoms with Crippen molar-refractivity contribution in [3.05, 3.63) is 47.3 Å². The van der Waals surface area contributed by atoms with Crippen LogP contribution in [-0.4, -0.2) is 6.54 Å². The quantitative estimate of drug-likeness (QED) is 0.621. The molecule has 0 unspecified atom stereocenters. The molecule has 2 heteroatoms. The average Bonchev–Trinajstić information content (AvgIpc) is 2.61. The third kappa shape index (κ3) is 0.952. The fourth-order valence-electron chi connectivity index (χ4n) is 1.77. The molecular weight excluding hydrogens is 160 g/mol. The number of hydrogen-bond acceptors (Lipinski definition) is 2. The van der Waals surface area contributed by atoms with Crippen molar-refractivity contribution in [2.24, 2.45) is 0 Å². The maximum absolute atomic E-state index is 3.39. The van der Waals surface area contributed by atoms with Crippen LogP contribution >= 0.6 is 0 Å². The lowest BCUT2D eigenvalue weighted by atomic mass is 10.0. The normalized spacial score (nSPS) is 17.5. The molecule has 0 spiro atoms. The van der Waals surface area contributed by atoms with Gasteiger partial charge in [-0.15, -0.1) is 0 Å². The summed E-state index contributed by atoms with van der Waals surface area (Å²) in [7, 11) is 0. The van der Waals surface area contributed by atoms with Gasteiger partial charge in [-0.05, 0) is 23.3 Å². The summed E-state index contributed by atoms with van der Waals surface area (Å²) in [6, 6.07) is 8.34. The van der Waals surface area contributed by atoms with Gasteiger partial charge in [-0.2, -0.15) is 0 Å². The number of benzene rings is 1. The van der Waals surface area contributed by atoms with E-state index in [1.165, 1.54) is 22.5 Å². The van der Waals surface area contributed by atoms with Crippen LogP contribution < -0.4 is 10.6 Å². The minimum atomic E-state index is 0.941. The van der Waals surface area contributed by atoms with E-state index in [0.29, 0.717) is 0 Å². The summed E-state index contributed by atoms with van der Waals surface area (Å²) < 4.78 is 0. The lowest BCUT2D eigenvalue weighted by Crippen LogP contribution is -2.07. The zero-order chi connectivity index (χ0) is 8.67. The highest BCUT2D eigenvalue weighted by Crippen LogP contribution is 2.29. The molecule has 13 heavy (non-hydrogen) atoms. The molecule has 0 aromatic heterocycles. The summed E-state index contributed by atoms with van der Waals surface area (Å²) >= 11 is 0. The summed E-state index contributed by atoms with van der Waals surface area (Å²) in [6.07, 6.45) is 4.26. The Bertz CT molecular complexity index is 416. The van der Waals surface area contributed by atoms with Crippen molar-refractivity contribution < 1.29 is 0 Å². The molecule has 0 radical (unpaired) electrons. The van der Waals surface area contributed by atoms with E-state index < -0.39 is 0 Å². The Morgan fingerprint density at radius 2 is 2.08 bits per heavy atom. The fraction of sp³-hybridized carbons (Fsp3) is 0.0909. The third-order valence-electron chi connectivity index (χ3n) is 2.44. The molecular formula is C11H10N2. The van der Waals surface area contributed by atoms with Gasteiger partial charge >= 0.3 is 0 Å². The van der Waals surface area contributed by atoms with Crippen molar-refractivity contribution in [1.82, 2.24) is 5.32 Å². The molecule has 0 atom stereocenters. The second kappa shape index (κ2) is 2.39. The summed E-state index contributed by atoms with van der Waals surface area (Å²) in [5.74, 6) is 0. The van der Waals surface area contributed by atoms with E-state index in [1.807, 2.05) is 12.3 Å². The minimum Gasteiger partial charge on any atom is -0.385 e. The van der Waals surface area contributed by atoms with Gasteiger partial charge in [-0.3, -0.25) is 0 Å². The summed E-state index contributed by atoms with van der Waals surface area (Å²) in [6.45, 7) is 0.941. The highest BCUT2D eigenvalue weighted by Gasteiger charge is 2.16. The van der Waals surface area contributed by atoms with Gasteiger partial charge in [0.1, 0.15) is 0 Å². The number of hydrogen-bond donors (Lipinski definition) is 2. The summed E-state index contributed by atoms with van der Waals surface area (Å²) in [5, 5.41) is 6.60. The third-order valence-corrected chi connectivity index (χ3v) is 2.44. The molecule has 2 aliphatic heterocycles. The standard InChI is InChI=1S/C11H10N2/c1-2-4-10-8(3-1)5-9-6-12-7-11(9)13-10/h1-5,7,12-13H,6H2. The molecule has 3 rings (SSSR count). The Balaban J connectivity index is 2.18. The van der Waals surface area contributed by atoms with Gasteiger partial charge in [-0.25, -0.2) is 0 Å². The number of anilines is 1. The molecule has 64 valence electrons. The smallest absolute Gasteiger partial charge is 0.0594 e. The molecule has 0 amide bonds. The molecule has 1 aromatic carbocycles. The average molecular weight is 170 g/mol. The molecule has 0 saturated carbocycles. The van der Waals surface area contributed by atoms with Crippen LogP contribution in [0.2, 0.25) is 0 Å². The van der Waals surface area contributed by atoms with Crippen LogP contribution in [0.1, 0.15) is 5.56 Å². The molecule has 1 aromatic rings. The molecule has 0 bridgehead atoms. The molecule has 0 aliphatic carbocycles. The molecule has 0 saturated heterocycles. The van der Waals surface area contributed by atoms with Crippen LogP contribution in [-0.2, 0) is 0 Å². The Morgan fingerprint density at radius 3 is 3.08 bits per heavy atom. The first-order valence-electron chi connectivity index (χ1n) is 4.44. The topological polar surface area (TPSA) is 24.1 Å². The first-order valence-corrected chi connectivity index (χ1v) is 4.44. The van der Waals surface area contributed by atoms with Gasteiger partial charge in [0.2, 0.25) is 0 Å². The zero-order valence-corrected chi connectivity index (χ0v) is 7.17. The van der Waals surface area contributed by atoms with Crippen LogP contribution in [0.15, 0.2) is 41.7 Å². The summed E-state index contributed by atoms with van der Waals surface area (Å²) in [4.78, 5) is 0. The predicted octanol–water partition coefficient (Wildman–Crippen LogP) is 1.94. The molecule has 2 aliphatic rings. The van der Waals surface area contributed by atoms with Crippen LogP contribution in [0.4, 0.5) is 5.69 Å². The number of fused-ring (bicyclic) bond motifs is 2. The molecule has 2 nitrogen and oxygen atoms in total.